The molecule has 1 aromatic carbocycles. The van der Waals surface area contributed by atoms with Crippen LogP contribution in [0, 0.1) is 17.7 Å². The second-order valence-corrected chi connectivity index (χ2v) is 6.58. The third-order valence-corrected chi connectivity index (χ3v) is 4.56. The van der Waals surface area contributed by atoms with Crippen molar-refractivity contribution in [3.63, 3.8) is 0 Å². The van der Waals surface area contributed by atoms with E-state index >= 15 is 0 Å². The second-order valence-electron chi connectivity index (χ2n) is 5.66. The van der Waals surface area contributed by atoms with E-state index in [1.165, 1.54) is 17.0 Å². The molecule has 22 heavy (non-hydrogen) atoms. The highest BCUT2D eigenvalue weighted by Gasteiger charge is 2.37. The highest BCUT2D eigenvalue weighted by atomic mass is 79.9. The molecule has 7 heteroatoms. The number of carbonyl (C=O) groups is 2. The topological polar surface area (TPSA) is 73.4 Å². The summed E-state index contributed by atoms with van der Waals surface area (Å²) in [5, 5.41) is 9.48. The molecule has 2 aromatic rings. The van der Waals surface area contributed by atoms with E-state index in [9.17, 15) is 14.0 Å². The number of fused-ring (bicyclic) bond motifs is 1. The van der Waals surface area contributed by atoms with Crippen molar-refractivity contribution in [2.24, 2.45) is 11.8 Å². The summed E-state index contributed by atoms with van der Waals surface area (Å²) < 4.78 is 14.5. The Morgan fingerprint density at radius 1 is 1.36 bits per heavy atom. The number of carbonyl (C=O) groups excluding carboxylic acids is 1. The molecule has 1 aromatic heterocycles. The van der Waals surface area contributed by atoms with Crippen LogP contribution in [-0.2, 0) is 4.79 Å². The normalized spacial score (nSPS) is 21.5. The maximum atomic E-state index is 13.9. The lowest BCUT2D eigenvalue weighted by atomic mass is 9.99. The van der Waals surface area contributed by atoms with Gasteiger partial charge >= 0.3 is 5.97 Å². The first-order valence-electron chi connectivity index (χ1n) is 6.86. The predicted molar refractivity (Wildman–Crippen MR) is 82.2 cm³/mol. The average molecular weight is 369 g/mol. The first-order valence-corrected chi connectivity index (χ1v) is 7.66. The predicted octanol–water partition coefficient (Wildman–Crippen LogP) is 2.86. The largest absolute Gasteiger partial charge is 0.481 e. The van der Waals surface area contributed by atoms with Gasteiger partial charge in [-0.3, -0.25) is 9.59 Å². The van der Waals surface area contributed by atoms with Crippen LogP contribution in [0.25, 0.3) is 10.9 Å². The zero-order valence-corrected chi connectivity index (χ0v) is 13.4. The lowest BCUT2D eigenvalue weighted by molar-refractivity contribution is -0.142. The van der Waals surface area contributed by atoms with E-state index in [1.807, 2.05) is 6.92 Å². The van der Waals surface area contributed by atoms with Crippen LogP contribution in [0.1, 0.15) is 17.4 Å². The molecule has 1 saturated heterocycles. The molecule has 5 nitrogen and oxygen atoms in total. The van der Waals surface area contributed by atoms with Crippen molar-refractivity contribution in [1.29, 1.82) is 0 Å². The van der Waals surface area contributed by atoms with Gasteiger partial charge in [-0.1, -0.05) is 22.9 Å². The van der Waals surface area contributed by atoms with Gasteiger partial charge in [0.2, 0.25) is 0 Å². The Labute approximate surface area is 134 Å². The fourth-order valence-electron chi connectivity index (χ4n) is 2.90. The molecule has 2 N–H and O–H groups in total. The van der Waals surface area contributed by atoms with Crippen LogP contribution >= 0.6 is 15.9 Å². The fraction of sp³-hybridized carbons (Fsp3) is 0.333. The van der Waals surface area contributed by atoms with Gasteiger partial charge in [-0.15, -0.1) is 0 Å². The molecule has 0 radical (unpaired) electrons. The molecular weight excluding hydrogens is 355 g/mol. The van der Waals surface area contributed by atoms with E-state index in [1.54, 1.807) is 6.07 Å². The van der Waals surface area contributed by atoms with E-state index in [-0.39, 0.29) is 24.1 Å². The van der Waals surface area contributed by atoms with Crippen molar-refractivity contribution in [3.8, 4) is 0 Å². The summed E-state index contributed by atoms with van der Waals surface area (Å²) >= 11 is 3.21. The molecule has 2 atom stereocenters. The summed E-state index contributed by atoms with van der Waals surface area (Å²) in [7, 11) is 0. The monoisotopic (exact) mass is 368 g/mol. The molecule has 0 bridgehead atoms. The molecule has 116 valence electrons. The Morgan fingerprint density at radius 3 is 2.73 bits per heavy atom. The van der Waals surface area contributed by atoms with Crippen molar-refractivity contribution >= 4 is 38.7 Å². The number of carboxylic acids is 1. The van der Waals surface area contributed by atoms with Gasteiger partial charge in [0.1, 0.15) is 11.5 Å². The maximum absolute atomic E-state index is 13.9. The number of rotatable bonds is 2. The number of carboxylic acid groups (broad SMARTS) is 1. The van der Waals surface area contributed by atoms with Crippen LogP contribution in [0.4, 0.5) is 4.39 Å². The van der Waals surface area contributed by atoms with E-state index in [0.29, 0.717) is 21.9 Å². The summed E-state index contributed by atoms with van der Waals surface area (Å²) in [6.07, 6.45) is 0. The molecule has 1 aliphatic rings. The molecule has 0 unspecified atom stereocenters. The number of halogens is 2. The number of aliphatic carboxylic acids is 1. The van der Waals surface area contributed by atoms with Crippen molar-refractivity contribution in [2.75, 3.05) is 13.1 Å². The third-order valence-electron chi connectivity index (χ3n) is 4.10. The first-order chi connectivity index (χ1) is 10.4. The van der Waals surface area contributed by atoms with E-state index in [2.05, 4.69) is 20.9 Å². The molecule has 3 rings (SSSR count). The summed E-state index contributed by atoms with van der Waals surface area (Å²) in [5.41, 5.74) is 0.794. The number of aromatic nitrogens is 1. The van der Waals surface area contributed by atoms with Crippen LogP contribution < -0.4 is 0 Å². The highest BCUT2D eigenvalue weighted by molar-refractivity contribution is 9.10. The molecular formula is C15H14BrFN2O3. The van der Waals surface area contributed by atoms with Gasteiger partial charge in [0.15, 0.2) is 0 Å². The van der Waals surface area contributed by atoms with Crippen molar-refractivity contribution in [3.05, 3.63) is 34.2 Å². The molecule has 1 fully saturated rings. The zero-order chi connectivity index (χ0) is 16.0. The van der Waals surface area contributed by atoms with Crippen molar-refractivity contribution in [2.45, 2.75) is 6.92 Å². The number of nitrogens with zero attached hydrogens (tertiary/aromatic N) is 1. The zero-order valence-electron chi connectivity index (χ0n) is 11.8. The van der Waals surface area contributed by atoms with Crippen molar-refractivity contribution < 1.29 is 19.1 Å². The highest BCUT2D eigenvalue weighted by Crippen LogP contribution is 2.27. The van der Waals surface area contributed by atoms with Gasteiger partial charge in [0, 0.05) is 22.9 Å². The van der Waals surface area contributed by atoms with Gasteiger partial charge in [-0.05, 0) is 24.1 Å². The standard InChI is InChI=1S/C15H14BrFN2O3/c1-7-5-19(6-10(7)15(21)22)14(20)13-4-9-11(17)2-8(16)3-12(9)18-13/h2-4,7,10,18H,5-6H2,1H3,(H,21,22)/t7-,10-/m1/s1. The third kappa shape index (κ3) is 2.49. The number of hydrogen-bond acceptors (Lipinski definition) is 2. The van der Waals surface area contributed by atoms with Gasteiger partial charge in [-0.25, -0.2) is 4.39 Å². The first kappa shape index (κ1) is 15.0. The van der Waals surface area contributed by atoms with Crippen molar-refractivity contribution in [1.82, 2.24) is 9.88 Å². The lowest BCUT2D eigenvalue weighted by Crippen LogP contribution is -2.30. The minimum Gasteiger partial charge on any atom is -0.481 e. The van der Waals surface area contributed by atoms with E-state index in [0.717, 1.165) is 0 Å². The Kier molecular flexibility index (Phi) is 3.68. The number of H-pyrrole nitrogens is 1. The summed E-state index contributed by atoms with van der Waals surface area (Å²) in [6, 6.07) is 4.50. The molecule has 1 amide bonds. The maximum Gasteiger partial charge on any atom is 0.308 e. The molecule has 0 spiro atoms. The SMILES string of the molecule is C[C@@H]1CN(C(=O)c2cc3c(F)cc(Br)cc3[nH]2)C[C@H]1C(=O)O. The molecule has 0 aliphatic carbocycles. The summed E-state index contributed by atoms with van der Waals surface area (Å²) in [4.78, 5) is 28.0. The Balaban J connectivity index is 1.90. The van der Waals surface area contributed by atoms with Crippen LogP contribution in [0.5, 0.6) is 0 Å². The second kappa shape index (κ2) is 5.39. The fourth-order valence-corrected chi connectivity index (χ4v) is 3.33. The number of nitrogens with one attached hydrogen (secondary N) is 1. The average Bonchev–Trinajstić information content (AvgIpc) is 3.01. The number of benzene rings is 1. The number of hydrogen-bond donors (Lipinski definition) is 2. The number of amides is 1. The summed E-state index contributed by atoms with van der Waals surface area (Å²) in [5.74, 6) is -2.27. The van der Waals surface area contributed by atoms with Gasteiger partial charge in [-0.2, -0.15) is 0 Å². The Hall–Kier alpha value is -1.89. The Bertz CT molecular complexity index is 773. The number of likely N-dealkylation sites (tertiary alicyclic amines) is 1. The lowest BCUT2D eigenvalue weighted by Gasteiger charge is -2.14. The number of aromatic amines is 1. The van der Waals surface area contributed by atoms with Crippen LogP contribution in [-0.4, -0.2) is 40.0 Å². The van der Waals surface area contributed by atoms with E-state index < -0.39 is 17.7 Å². The minimum absolute atomic E-state index is 0.100. The smallest absolute Gasteiger partial charge is 0.308 e. The summed E-state index contributed by atoms with van der Waals surface area (Å²) in [6.45, 7) is 2.38. The Morgan fingerprint density at radius 2 is 2.09 bits per heavy atom. The van der Waals surface area contributed by atoms with Crippen LogP contribution in [0.3, 0.4) is 0 Å². The van der Waals surface area contributed by atoms with Crippen LogP contribution in [0.15, 0.2) is 22.7 Å². The van der Waals surface area contributed by atoms with E-state index in [4.69, 9.17) is 5.11 Å². The molecule has 0 saturated carbocycles. The molecule has 2 heterocycles. The van der Waals surface area contributed by atoms with Gasteiger partial charge in [0.05, 0.1) is 11.4 Å². The molecule has 1 aliphatic heterocycles. The van der Waals surface area contributed by atoms with Gasteiger partial charge in [0.25, 0.3) is 5.91 Å². The quantitative estimate of drug-likeness (QED) is 0.855. The minimum atomic E-state index is -0.894. The van der Waals surface area contributed by atoms with Crippen LogP contribution in [0.2, 0.25) is 0 Å². The van der Waals surface area contributed by atoms with Gasteiger partial charge < -0.3 is 15.0 Å².